The largest absolute Gasteiger partial charge is 0.390 e. The number of aliphatic hydroxyl groups is 1. The molecule has 102 valence electrons. The van der Waals surface area contributed by atoms with E-state index < -0.39 is 6.10 Å². The molecule has 0 aromatic heterocycles. The minimum absolute atomic E-state index is 0.0384. The third kappa shape index (κ3) is 2.67. The highest BCUT2D eigenvalue weighted by Gasteiger charge is 2.36. The van der Waals surface area contributed by atoms with Gasteiger partial charge in [0.1, 0.15) is 0 Å². The van der Waals surface area contributed by atoms with Crippen molar-refractivity contribution in [2.45, 2.75) is 13.0 Å². The van der Waals surface area contributed by atoms with Crippen molar-refractivity contribution >= 4 is 11.8 Å². The third-order valence-corrected chi connectivity index (χ3v) is 3.33. The van der Waals surface area contributed by atoms with Crippen LogP contribution < -0.4 is 0 Å². The van der Waals surface area contributed by atoms with Gasteiger partial charge in [-0.2, -0.15) is 0 Å². The first-order valence-electron chi connectivity index (χ1n) is 6.36. The zero-order valence-electron chi connectivity index (χ0n) is 11.2. The molecular weight excluding hydrogens is 244 g/mol. The summed E-state index contributed by atoms with van der Waals surface area (Å²) in [6, 6.07) is 6.74. The SMILES string of the molecule is CCN(C)CC(O)CN1C(=O)c2ccccc2C1=O. The standard InChI is InChI=1S/C14H18N2O3/c1-3-15(2)8-10(17)9-16-13(18)11-6-4-5-7-12(11)14(16)19/h4-7,10,17H,3,8-9H2,1-2H3. The summed E-state index contributed by atoms with van der Waals surface area (Å²) in [6.45, 7) is 3.26. The molecule has 1 aliphatic heterocycles. The molecule has 0 bridgehead atoms. The molecule has 2 amide bonds. The van der Waals surface area contributed by atoms with Crippen LogP contribution in [0.3, 0.4) is 0 Å². The molecule has 1 N–H and O–H groups in total. The van der Waals surface area contributed by atoms with Crippen molar-refractivity contribution < 1.29 is 14.7 Å². The molecule has 1 aromatic carbocycles. The molecule has 19 heavy (non-hydrogen) atoms. The van der Waals surface area contributed by atoms with Crippen molar-refractivity contribution in [2.75, 3.05) is 26.7 Å². The van der Waals surface area contributed by atoms with Gasteiger partial charge in [-0.3, -0.25) is 14.5 Å². The number of imide groups is 1. The van der Waals surface area contributed by atoms with Crippen LogP contribution in [-0.2, 0) is 0 Å². The summed E-state index contributed by atoms with van der Waals surface area (Å²) >= 11 is 0. The van der Waals surface area contributed by atoms with Gasteiger partial charge in [0, 0.05) is 6.54 Å². The summed E-state index contributed by atoms with van der Waals surface area (Å²) in [5.41, 5.74) is 0.840. The van der Waals surface area contributed by atoms with E-state index >= 15 is 0 Å². The second kappa shape index (κ2) is 5.50. The third-order valence-electron chi connectivity index (χ3n) is 3.33. The number of rotatable bonds is 5. The molecule has 0 fully saturated rings. The lowest BCUT2D eigenvalue weighted by atomic mass is 10.1. The molecule has 1 aliphatic rings. The number of carbonyl (C=O) groups is 2. The van der Waals surface area contributed by atoms with Gasteiger partial charge >= 0.3 is 0 Å². The summed E-state index contributed by atoms with van der Waals surface area (Å²) in [5.74, 6) is -0.641. The molecule has 0 saturated carbocycles. The van der Waals surface area contributed by atoms with Crippen LogP contribution >= 0.6 is 0 Å². The van der Waals surface area contributed by atoms with Crippen LogP contribution in [0.5, 0.6) is 0 Å². The Morgan fingerprint density at radius 2 is 1.74 bits per heavy atom. The second-order valence-electron chi connectivity index (χ2n) is 4.78. The summed E-state index contributed by atoms with van der Waals surface area (Å²) in [5, 5.41) is 9.94. The Morgan fingerprint density at radius 3 is 2.21 bits per heavy atom. The van der Waals surface area contributed by atoms with Gasteiger partial charge in [0.2, 0.25) is 0 Å². The van der Waals surface area contributed by atoms with Crippen LogP contribution in [0, 0.1) is 0 Å². The molecule has 1 atom stereocenters. The van der Waals surface area contributed by atoms with E-state index in [0.29, 0.717) is 17.7 Å². The van der Waals surface area contributed by atoms with Gasteiger partial charge in [-0.25, -0.2) is 0 Å². The maximum Gasteiger partial charge on any atom is 0.261 e. The fraction of sp³-hybridized carbons (Fsp3) is 0.429. The molecule has 0 aliphatic carbocycles. The van der Waals surface area contributed by atoms with Crippen LogP contribution in [-0.4, -0.2) is 59.5 Å². The van der Waals surface area contributed by atoms with Gasteiger partial charge < -0.3 is 10.0 Å². The zero-order chi connectivity index (χ0) is 14.0. The van der Waals surface area contributed by atoms with E-state index in [9.17, 15) is 14.7 Å². The predicted octanol–water partition coefficient (Wildman–Crippen LogP) is 0.595. The molecule has 1 unspecified atom stereocenters. The molecule has 0 spiro atoms. The fourth-order valence-corrected chi connectivity index (χ4v) is 2.16. The average molecular weight is 262 g/mol. The minimum Gasteiger partial charge on any atom is -0.390 e. The number of nitrogens with zero attached hydrogens (tertiary/aromatic N) is 2. The van der Waals surface area contributed by atoms with Crippen molar-refractivity contribution in [3.05, 3.63) is 35.4 Å². The Labute approximate surface area is 112 Å². The lowest BCUT2D eigenvalue weighted by Crippen LogP contribution is -2.41. The highest BCUT2D eigenvalue weighted by molar-refractivity contribution is 6.21. The fourth-order valence-electron chi connectivity index (χ4n) is 2.16. The highest BCUT2D eigenvalue weighted by atomic mass is 16.3. The van der Waals surface area contributed by atoms with Crippen molar-refractivity contribution in [1.82, 2.24) is 9.80 Å². The average Bonchev–Trinajstić information content (AvgIpc) is 2.64. The van der Waals surface area contributed by atoms with E-state index in [2.05, 4.69) is 0 Å². The number of hydrogen-bond donors (Lipinski definition) is 1. The van der Waals surface area contributed by atoms with Gasteiger partial charge in [-0.15, -0.1) is 0 Å². The highest BCUT2D eigenvalue weighted by Crippen LogP contribution is 2.22. The smallest absolute Gasteiger partial charge is 0.261 e. The minimum atomic E-state index is -0.729. The van der Waals surface area contributed by atoms with E-state index in [0.717, 1.165) is 11.4 Å². The lowest BCUT2D eigenvalue weighted by Gasteiger charge is -2.22. The van der Waals surface area contributed by atoms with Gasteiger partial charge in [0.25, 0.3) is 11.8 Å². The normalized spacial score (nSPS) is 16.1. The van der Waals surface area contributed by atoms with E-state index in [1.165, 1.54) is 0 Å². The van der Waals surface area contributed by atoms with Crippen LogP contribution in [0.15, 0.2) is 24.3 Å². The van der Waals surface area contributed by atoms with E-state index in [1.54, 1.807) is 24.3 Å². The first-order valence-corrected chi connectivity index (χ1v) is 6.36. The number of β-amino-alcohol motifs (C(OH)–C–C–N with tert-alkyl or cyclic N) is 1. The van der Waals surface area contributed by atoms with Crippen LogP contribution in [0.2, 0.25) is 0 Å². The molecule has 1 aromatic rings. The Morgan fingerprint density at radius 1 is 1.21 bits per heavy atom. The van der Waals surface area contributed by atoms with Crippen molar-refractivity contribution in [1.29, 1.82) is 0 Å². The molecule has 1 heterocycles. The number of benzene rings is 1. The predicted molar refractivity (Wildman–Crippen MR) is 71.0 cm³/mol. The molecule has 5 nitrogen and oxygen atoms in total. The first-order chi connectivity index (χ1) is 9.04. The first kappa shape index (κ1) is 13.7. The van der Waals surface area contributed by atoms with Gasteiger partial charge in [-0.1, -0.05) is 19.1 Å². The summed E-state index contributed by atoms with van der Waals surface area (Å²) in [4.78, 5) is 27.2. The number of fused-ring (bicyclic) bond motifs is 1. The topological polar surface area (TPSA) is 60.9 Å². The monoisotopic (exact) mass is 262 g/mol. The molecule has 5 heteroatoms. The van der Waals surface area contributed by atoms with Crippen LogP contribution in [0.4, 0.5) is 0 Å². The van der Waals surface area contributed by atoms with E-state index in [4.69, 9.17) is 0 Å². The number of carbonyl (C=O) groups excluding carboxylic acids is 2. The Hall–Kier alpha value is -1.72. The van der Waals surface area contributed by atoms with Gasteiger partial charge in [0.05, 0.1) is 23.8 Å². The Kier molecular flexibility index (Phi) is 3.97. The Balaban J connectivity index is 2.08. The van der Waals surface area contributed by atoms with Crippen molar-refractivity contribution in [3.8, 4) is 0 Å². The van der Waals surface area contributed by atoms with Gasteiger partial charge in [-0.05, 0) is 25.7 Å². The summed E-state index contributed by atoms with van der Waals surface area (Å²) in [6.07, 6.45) is -0.729. The maximum absolute atomic E-state index is 12.1. The molecule has 0 radical (unpaired) electrons. The molecular formula is C14H18N2O3. The van der Waals surface area contributed by atoms with E-state index in [1.807, 2.05) is 18.9 Å². The number of hydrogen-bond acceptors (Lipinski definition) is 4. The molecule has 2 rings (SSSR count). The summed E-state index contributed by atoms with van der Waals surface area (Å²) < 4.78 is 0. The quantitative estimate of drug-likeness (QED) is 0.789. The number of likely N-dealkylation sites (N-methyl/N-ethyl adjacent to an activating group) is 1. The van der Waals surface area contributed by atoms with Crippen molar-refractivity contribution in [2.24, 2.45) is 0 Å². The van der Waals surface area contributed by atoms with Crippen LogP contribution in [0.25, 0.3) is 0 Å². The van der Waals surface area contributed by atoms with Crippen molar-refractivity contribution in [3.63, 3.8) is 0 Å². The Bertz CT molecular complexity index is 466. The maximum atomic E-state index is 12.1. The number of aliphatic hydroxyl groups excluding tert-OH is 1. The summed E-state index contributed by atoms with van der Waals surface area (Å²) in [7, 11) is 1.88. The van der Waals surface area contributed by atoms with Gasteiger partial charge in [0.15, 0.2) is 0 Å². The number of amides is 2. The molecule has 0 saturated heterocycles. The second-order valence-corrected chi connectivity index (χ2v) is 4.78. The zero-order valence-corrected chi connectivity index (χ0v) is 11.2. The lowest BCUT2D eigenvalue weighted by molar-refractivity contribution is 0.0496. The van der Waals surface area contributed by atoms with Crippen LogP contribution in [0.1, 0.15) is 27.6 Å². The van der Waals surface area contributed by atoms with E-state index in [-0.39, 0.29) is 18.4 Å².